The zero-order valence-corrected chi connectivity index (χ0v) is 16.7. The highest BCUT2D eigenvalue weighted by Crippen LogP contribution is 2.10. The summed E-state index contributed by atoms with van der Waals surface area (Å²) in [7, 11) is 13.7. The Morgan fingerprint density at radius 2 is 0.632 bits per heavy atom. The van der Waals surface area contributed by atoms with Gasteiger partial charge in [0.05, 0.1) is 55.4 Å². The zero-order valence-electron chi connectivity index (χ0n) is 14.4. The molecule has 0 amide bonds. The van der Waals surface area contributed by atoms with Crippen LogP contribution in [0.5, 0.6) is 0 Å². The minimum atomic E-state index is 0. The van der Waals surface area contributed by atoms with Gasteiger partial charge in [-0.2, -0.15) is 0 Å². The molecule has 0 saturated heterocycles. The molecular formula is C16H39IN2+2. The van der Waals surface area contributed by atoms with E-state index in [1.165, 1.54) is 64.5 Å². The van der Waals surface area contributed by atoms with Gasteiger partial charge in [-0.05, 0) is 25.7 Å². The maximum absolute atomic E-state index is 2.29. The fourth-order valence-electron chi connectivity index (χ4n) is 2.23. The molecule has 0 atom stereocenters. The third-order valence-corrected chi connectivity index (χ3v) is 3.41. The van der Waals surface area contributed by atoms with Crippen LogP contribution in [0.15, 0.2) is 0 Å². The summed E-state index contributed by atoms with van der Waals surface area (Å²) in [6.07, 6.45) is 11.4. The van der Waals surface area contributed by atoms with Gasteiger partial charge in [-0.3, -0.25) is 0 Å². The lowest BCUT2D eigenvalue weighted by atomic mass is 10.1. The Morgan fingerprint density at radius 1 is 0.421 bits per heavy atom. The molecule has 3 heteroatoms. The van der Waals surface area contributed by atoms with E-state index in [9.17, 15) is 0 Å². The van der Waals surface area contributed by atoms with E-state index < -0.39 is 0 Å². The van der Waals surface area contributed by atoms with Crippen LogP contribution in [0, 0.1) is 0 Å². The lowest BCUT2D eigenvalue weighted by molar-refractivity contribution is -0.870. The molecule has 0 rings (SSSR count). The molecule has 0 radical (unpaired) electrons. The predicted molar refractivity (Wildman–Crippen MR) is 98.1 cm³/mol. The van der Waals surface area contributed by atoms with Gasteiger partial charge < -0.3 is 8.97 Å². The van der Waals surface area contributed by atoms with E-state index in [4.69, 9.17) is 0 Å². The lowest BCUT2D eigenvalue weighted by Crippen LogP contribution is -2.35. The van der Waals surface area contributed by atoms with Crippen molar-refractivity contribution in [1.82, 2.24) is 0 Å². The number of halogens is 1. The van der Waals surface area contributed by atoms with Crippen molar-refractivity contribution in [3.8, 4) is 0 Å². The maximum Gasteiger partial charge on any atom is 0.0780 e. The first-order valence-corrected chi connectivity index (χ1v) is 7.82. The average molecular weight is 386 g/mol. The van der Waals surface area contributed by atoms with Crippen LogP contribution in [0.2, 0.25) is 0 Å². The van der Waals surface area contributed by atoms with Crippen LogP contribution in [0.1, 0.15) is 51.4 Å². The van der Waals surface area contributed by atoms with E-state index in [1.54, 1.807) is 0 Å². The number of nitrogens with zero attached hydrogens (tertiary/aromatic N) is 2. The van der Waals surface area contributed by atoms with Crippen molar-refractivity contribution in [1.29, 1.82) is 0 Å². The fraction of sp³-hybridized carbons (Fsp3) is 1.00. The monoisotopic (exact) mass is 386 g/mol. The van der Waals surface area contributed by atoms with E-state index in [0.717, 1.165) is 8.97 Å². The quantitative estimate of drug-likeness (QED) is 0.285. The first kappa shape index (κ1) is 21.9. The van der Waals surface area contributed by atoms with Crippen molar-refractivity contribution in [3.63, 3.8) is 0 Å². The van der Waals surface area contributed by atoms with Crippen LogP contribution in [0.3, 0.4) is 0 Å². The summed E-state index contributed by atoms with van der Waals surface area (Å²) in [6.45, 7) is 2.65. The van der Waals surface area contributed by atoms with Crippen LogP contribution >= 0.6 is 24.0 Å². The number of unbranched alkanes of at least 4 members (excludes halogenated alkanes) is 7. The maximum atomic E-state index is 2.29. The second kappa shape index (κ2) is 11.3. The number of hydrogen-bond acceptors (Lipinski definition) is 0. The highest BCUT2D eigenvalue weighted by atomic mass is 127. The van der Waals surface area contributed by atoms with Crippen LogP contribution in [0.25, 0.3) is 0 Å². The second-order valence-electron chi connectivity index (χ2n) is 7.86. The van der Waals surface area contributed by atoms with Gasteiger partial charge in [0, 0.05) is 0 Å². The predicted octanol–water partition coefficient (Wildman–Crippen LogP) is 4.14. The van der Waals surface area contributed by atoms with Crippen molar-refractivity contribution in [2.45, 2.75) is 51.4 Å². The number of hydrogen-bond donors (Lipinski definition) is 0. The Kier molecular flexibility index (Phi) is 13.1. The molecule has 0 heterocycles. The van der Waals surface area contributed by atoms with Gasteiger partial charge in [-0.1, -0.05) is 25.7 Å². The zero-order chi connectivity index (χ0) is 14.1. The van der Waals surface area contributed by atoms with Crippen LogP contribution in [-0.2, 0) is 0 Å². The SMILES string of the molecule is C[N+](C)(C)CCCCCCCCCC[N+](C)(C)C.I. The molecule has 0 aromatic rings. The Hall–Kier alpha value is 0.650. The summed E-state index contributed by atoms with van der Waals surface area (Å²) in [6, 6.07) is 0. The topological polar surface area (TPSA) is 0 Å². The second-order valence-corrected chi connectivity index (χ2v) is 7.86. The highest BCUT2D eigenvalue weighted by Gasteiger charge is 2.06. The summed E-state index contributed by atoms with van der Waals surface area (Å²) in [4.78, 5) is 0. The van der Waals surface area contributed by atoms with Gasteiger partial charge >= 0.3 is 0 Å². The Bertz CT molecular complexity index is 170. The van der Waals surface area contributed by atoms with Gasteiger partial charge in [-0.25, -0.2) is 0 Å². The molecule has 0 aromatic heterocycles. The summed E-state index contributed by atoms with van der Waals surface area (Å²) >= 11 is 0. The first-order valence-electron chi connectivity index (χ1n) is 7.82. The average Bonchev–Trinajstić information content (AvgIpc) is 2.17. The standard InChI is InChI=1S/C16H38N2.HI/c1-17(2,3)15-13-11-9-7-8-10-12-14-16-18(4,5)6;/h7-16H2,1-6H3;1H/q+2;. The van der Waals surface area contributed by atoms with Gasteiger partial charge in [0.1, 0.15) is 0 Å². The molecular weight excluding hydrogens is 347 g/mol. The normalized spacial score (nSPS) is 12.3. The Labute approximate surface area is 139 Å². The van der Waals surface area contributed by atoms with Gasteiger partial charge in [0.25, 0.3) is 0 Å². The van der Waals surface area contributed by atoms with Gasteiger partial charge in [-0.15, -0.1) is 24.0 Å². The molecule has 0 fully saturated rings. The molecule has 0 aliphatic carbocycles. The van der Waals surface area contributed by atoms with Crippen molar-refractivity contribution < 1.29 is 8.97 Å². The van der Waals surface area contributed by atoms with E-state index in [-0.39, 0.29) is 24.0 Å². The van der Waals surface area contributed by atoms with Crippen LogP contribution in [0.4, 0.5) is 0 Å². The minimum absolute atomic E-state index is 0. The highest BCUT2D eigenvalue weighted by molar-refractivity contribution is 14.0. The van der Waals surface area contributed by atoms with Gasteiger partial charge in [0.2, 0.25) is 0 Å². The van der Waals surface area contributed by atoms with Gasteiger partial charge in [0.15, 0.2) is 0 Å². The molecule has 2 nitrogen and oxygen atoms in total. The van der Waals surface area contributed by atoms with Crippen molar-refractivity contribution in [2.75, 3.05) is 55.4 Å². The lowest BCUT2D eigenvalue weighted by Gasteiger charge is -2.23. The van der Waals surface area contributed by atoms with Crippen molar-refractivity contribution in [3.05, 3.63) is 0 Å². The van der Waals surface area contributed by atoms with Crippen molar-refractivity contribution in [2.24, 2.45) is 0 Å². The third-order valence-electron chi connectivity index (χ3n) is 3.41. The minimum Gasteiger partial charge on any atom is -0.331 e. The molecule has 0 unspecified atom stereocenters. The molecule has 0 aliphatic heterocycles. The Morgan fingerprint density at radius 3 is 0.842 bits per heavy atom. The molecule has 0 N–H and O–H groups in total. The third kappa shape index (κ3) is 21.1. The summed E-state index contributed by atoms with van der Waals surface area (Å²) in [5, 5.41) is 0. The molecule has 0 bridgehead atoms. The first-order chi connectivity index (χ1) is 8.21. The van der Waals surface area contributed by atoms with E-state index in [1.807, 2.05) is 0 Å². The summed E-state index contributed by atoms with van der Waals surface area (Å²) < 4.78 is 2.23. The molecule has 0 aliphatic rings. The summed E-state index contributed by atoms with van der Waals surface area (Å²) in [5.41, 5.74) is 0. The number of rotatable bonds is 11. The van der Waals surface area contributed by atoms with E-state index in [0.29, 0.717) is 0 Å². The van der Waals surface area contributed by atoms with Crippen LogP contribution in [-0.4, -0.2) is 64.3 Å². The largest absolute Gasteiger partial charge is 0.331 e. The van der Waals surface area contributed by atoms with E-state index >= 15 is 0 Å². The molecule has 118 valence electrons. The van der Waals surface area contributed by atoms with E-state index in [2.05, 4.69) is 42.3 Å². The Balaban J connectivity index is 0. The molecule has 0 aromatic carbocycles. The van der Waals surface area contributed by atoms with Crippen molar-refractivity contribution >= 4 is 24.0 Å². The fourth-order valence-corrected chi connectivity index (χ4v) is 2.23. The molecule has 0 saturated carbocycles. The number of quaternary nitrogens is 2. The molecule has 19 heavy (non-hydrogen) atoms. The molecule has 0 spiro atoms. The van der Waals surface area contributed by atoms with Crippen LogP contribution < -0.4 is 0 Å². The summed E-state index contributed by atoms with van der Waals surface area (Å²) in [5.74, 6) is 0. The smallest absolute Gasteiger partial charge is 0.0780 e.